The molecule has 0 saturated heterocycles. The van der Waals surface area contributed by atoms with Crippen LogP contribution in [0.2, 0.25) is 0 Å². The first kappa shape index (κ1) is 23.3. The van der Waals surface area contributed by atoms with Gasteiger partial charge in [0.1, 0.15) is 24.7 Å². The Morgan fingerprint density at radius 1 is 1.13 bits per heavy atom. The molecule has 0 radical (unpaired) electrons. The van der Waals surface area contributed by atoms with Crippen LogP contribution in [0, 0.1) is 13.8 Å². The number of alkyl halides is 3. The average Bonchev–Trinajstić information content (AvgIpc) is 2.99. The third kappa shape index (κ3) is 5.99. The summed E-state index contributed by atoms with van der Waals surface area (Å²) in [7, 11) is 1.49. The van der Waals surface area contributed by atoms with Crippen molar-refractivity contribution >= 4 is 11.9 Å². The predicted molar refractivity (Wildman–Crippen MR) is 102 cm³/mol. The number of carbonyl (C=O) groups excluding carboxylic acids is 2. The Balaban J connectivity index is 1.91. The second-order valence-electron chi connectivity index (χ2n) is 6.38. The molecule has 10 heteroatoms. The number of rotatable bonds is 9. The van der Waals surface area contributed by atoms with Gasteiger partial charge >= 0.3 is 12.1 Å². The number of methoxy groups -OCH3 is 1. The molecule has 1 amide bonds. The van der Waals surface area contributed by atoms with Crippen LogP contribution < -0.4 is 10.1 Å². The van der Waals surface area contributed by atoms with Crippen molar-refractivity contribution in [2.45, 2.75) is 20.0 Å². The summed E-state index contributed by atoms with van der Waals surface area (Å²) in [6.45, 7) is 3.64. The molecule has 0 aliphatic heterocycles. The van der Waals surface area contributed by atoms with E-state index < -0.39 is 23.6 Å². The summed E-state index contributed by atoms with van der Waals surface area (Å²) in [6.07, 6.45) is -4.46. The van der Waals surface area contributed by atoms with Crippen LogP contribution in [-0.4, -0.2) is 50.3 Å². The van der Waals surface area contributed by atoms with Gasteiger partial charge in [-0.3, -0.25) is 4.79 Å². The number of esters is 1. The van der Waals surface area contributed by atoms with Gasteiger partial charge in [-0.05, 0) is 37.6 Å². The van der Waals surface area contributed by atoms with Crippen molar-refractivity contribution in [2.24, 2.45) is 0 Å². The zero-order valence-corrected chi connectivity index (χ0v) is 16.8. The van der Waals surface area contributed by atoms with Gasteiger partial charge in [-0.2, -0.15) is 13.2 Å². The second-order valence-corrected chi connectivity index (χ2v) is 6.38. The van der Waals surface area contributed by atoms with Crippen molar-refractivity contribution in [2.75, 3.05) is 33.5 Å². The average molecular weight is 428 g/mol. The van der Waals surface area contributed by atoms with E-state index in [2.05, 4.69) is 10.3 Å². The molecule has 0 unspecified atom stereocenters. The maximum atomic E-state index is 12.7. The van der Waals surface area contributed by atoms with Gasteiger partial charge in [-0.15, -0.1) is 0 Å². The van der Waals surface area contributed by atoms with Crippen LogP contribution >= 0.6 is 0 Å². The van der Waals surface area contributed by atoms with Crippen molar-refractivity contribution in [1.82, 2.24) is 10.3 Å². The highest BCUT2D eigenvalue weighted by Gasteiger charge is 2.30. The maximum Gasteiger partial charge on any atom is 0.416 e. The van der Waals surface area contributed by atoms with Crippen LogP contribution in [-0.2, 0) is 15.7 Å². The molecule has 2 N–H and O–H groups in total. The van der Waals surface area contributed by atoms with Gasteiger partial charge < -0.3 is 24.5 Å². The normalized spacial score (nSPS) is 11.3. The molecule has 30 heavy (non-hydrogen) atoms. The number of ether oxygens (including phenoxy) is 3. The molecule has 0 aliphatic carbocycles. The van der Waals surface area contributed by atoms with Crippen molar-refractivity contribution in [3.05, 3.63) is 52.3 Å². The van der Waals surface area contributed by atoms with Crippen LogP contribution in [0.1, 0.15) is 37.7 Å². The molecule has 0 atom stereocenters. The highest BCUT2D eigenvalue weighted by molar-refractivity contribution is 6.00. The van der Waals surface area contributed by atoms with Crippen LogP contribution in [0.3, 0.4) is 0 Å². The van der Waals surface area contributed by atoms with Crippen LogP contribution in [0.15, 0.2) is 24.3 Å². The molecule has 2 rings (SSSR count). The first-order valence-electron chi connectivity index (χ1n) is 9.08. The minimum atomic E-state index is -4.46. The van der Waals surface area contributed by atoms with Crippen molar-refractivity contribution in [3.63, 3.8) is 0 Å². The fraction of sp³-hybridized carbons (Fsp3) is 0.400. The lowest BCUT2D eigenvalue weighted by Crippen LogP contribution is -2.29. The lowest BCUT2D eigenvalue weighted by Gasteiger charge is -2.10. The van der Waals surface area contributed by atoms with E-state index in [1.54, 1.807) is 13.8 Å². The van der Waals surface area contributed by atoms with Gasteiger partial charge in [0.25, 0.3) is 5.91 Å². The molecule has 0 saturated carbocycles. The van der Waals surface area contributed by atoms with Gasteiger partial charge in [0.15, 0.2) is 0 Å². The minimum Gasteiger partial charge on any atom is -0.492 e. The van der Waals surface area contributed by atoms with Crippen molar-refractivity contribution in [1.29, 1.82) is 0 Å². The molecule has 1 aromatic carbocycles. The lowest BCUT2D eigenvalue weighted by molar-refractivity contribution is -0.137. The SMILES string of the molecule is COCCOC(=O)c1c(C)[nH]c(C(=O)NCCOc2cccc(C(F)(F)F)c2)c1C. The highest BCUT2D eigenvalue weighted by atomic mass is 19.4. The smallest absolute Gasteiger partial charge is 0.416 e. The number of hydrogen-bond acceptors (Lipinski definition) is 5. The van der Waals surface area contributed by atoms with Gasteiger partial charge in [-0.25, -0.2) is 4.79 Å². The number of benzene rings is 1. The first-order valence-corrected chi connectivity index (χ1v) is 9.08. The molecular weight excluding hydrogens is 405 g/mol. The number of nitrogens with one attached hydrogen (secondary N) is 2. The van der Waals surface area contributed by atoms with E-state index >= 15 is 0 Å². The topological polar surface area (TPSA) is 89.7 Å². The number of aromatic amines is 1. The minimum absolute atomic E-state index is 0.0301. The summed E-state index contributed by atoms with van der Waals surface area (Å²) in [5.41, 5.74) is 0.583. The number of hydrogen-bond donors (Lipinski definition) is 2. The number of halogens is 3. The summed E-state index contributed by atoms with van der Waals surface area (Å²) >= 11 is 0. The molecule has 7 nitrogen and oxygen atoms in total. The van der Waals surface area contributed by atoms with E-state index in [4.69, 9.17) is 14.2 Å². The van der Waals surface area contributed by atoms with E-state index in [9.17, 15) is 22.8 Å². The van der Waals surface area contributed by atoms with Crippen LogP contribution in [0.25, 0.3) is 0 Å². The highest BCUT2D eigenvalue weighted by Crippen LogP contribution is 2.31. The number of aryl methyl sites for hydroxylation is 1. The summed E-state index contributed by atoms with van der Waals surface area (Å²) in [5.74, 6) is -0.989. The largest absolute Gasteiger partial charge is 0.492 e. The van der Waals surface area contributed by atoms with Crippen molar-refractivity contribution < 1.29 is 37.0 Å². The Labute approximate surface area is 171 Å². The molecule has 2 aromatic rings. The summed E-state index contributed by atoms with van der Waals surface area (Å²) in [5, 5.41) is 2.60. The third-order valence-electron chi connectivity index (χ3n) is 4.21. The molecule has 0 fully saturated rings. The Kier molecular flexibility index (Phi) is 7.87. The first-order chi connectivity index (χ1) is 14.1. The number of aromatic nitrogens is 1. The Morgan fingerprint density at radius 2 is 1.87 bits per heavy atom. The zero-order chi connectivity index (χ0) is 22.3. The fourth-order valence-electron chi connectivity index (χ4n) is 2.76. The zero-order valence-electron chi connectivity index (χ0n) is 16.8. The van der Waals surface area contributed by atoms with E-state index in [0.717, 1.165) is 12.1 Å². The molecule has 0 aliphatic rings. The van der Waals surface area contributed by atoms with Gasteiger partial charge in [-0.1, -0.05) is 6.07 Å². The standard InChI is InChI=1S/C20H23F3N2O5/c1-12-16(19(27)30-10-9-28-3)13(2)25-17(12)18(26)24-7-8-29-15-6-4-5-14(11-15)20(21,22)23/h4-6,11,25H,7-10H2,1-3H3,(H,24,26). The van der Waals surface area contributed by atoms with Crippen molar-refractivity contribution in [3.8, 4) is 5.75 Å². The fourth-order valence-corrected chi connectivity index (χ4v) is 2.76. The van der Waals surface area contributed by atoms with E-state index in [1.165, 1.54) is 19.2 Å². The Morgan fingerprint density at radius 3 is 2.53 bits per heavy atom. The molecule has 0 spiro atoms. The number of carbonyl (C=O) groups is 2. The quantitative estimate of drug-likeness (QED) is 0.473. The second kappa shape index (κ2) is 10.1. The summed E-state index contributed by atoms with van der Waals surface area (Å²) < 4.78 is 53.3. The molecule has 1 heterocycles. The van der Waals surface area contributed by atoms with Crippen LogP contribution in [0.4, 0.5) is 13.2 Å². The lowest BCUT2D eigenvalue weighted by atomic mass is 10.1. The van der Waals surface area contributed by atoms with Gasteiger partial charge in [0.2, 0.25) is 0 Å². The van der Waals surface area contributed by atoms with E-state index in [0.29, 0.717) is 11.3 Å². The molecule has 0 bridgehead atoms. The van der Waals surface area contributed by atoms with Crippen LogP contribution in [0.5, 0.6) is 5.75 Å². The van der Waals surface area contributed by atoms with E-state index in [1.807, 2.05) is 0 Å². The Hall–Kier alpha value is -3.01. The third-order valence-corrected chi connectivity index (χ3v) is 4.21. The summed E-state index contributed by atoms with van der Waals surface area (Å²) in [6, 6.07) is 4.48. The number of amides is 1. The predicted octanol–water partition coefficient (Wildman–Crippen LogP) is 3.26. The van der Waals surface area contributed by atoms with Gasteiger partial charge in [0, 0.05) is 12.8 Å². The number of H-pyrrole nitrogens is 1. The maximum absolute atomic E-state index is 12.7. The van der Waals surface area contributed by atoms with Gasteiger partial charge in [0.05, 0.1) is 24.3 Å². The summed E-state index contributed by atoms with van der Waals surface area (Å²) in [4.78, 5) is 27.4. The molecule has 1 aromatic heterocycles. The molecular formula is C20H23F3N2O5. The Bertz CT molecular complexity index is 893. The monoisotopic (exact) mass is 428 g/mol. The molecule has 164 valence electrons. The van der Waals surface area contributed by atoms with E-state index in [-0.39, 0.29) is 43.4 Å².